The van der Waals surface area contributed by atoms with E-state index in [1.807, 2.05) is 26.0 Å². The van der Waals surface area contributed by atoms with Crippen molar-refractivity contribution in [1.82, 2.24) is 0 Å². The summed E-state index contributed by atoms with van der Waals surface area (Å²) in [5, 5.41) is 0. The molecule has 0 radical (unpaired) electrons. The third kappa shape index (κ3) is 4.06. The Morgan fingerprint density at radius 3 is 2.06 bits per heavy atom. The van der Waals surface area contributed by atoms with Crippen molar-refractivity contribution >= 4 is 13.6 Å². The summed E-state index contributed by atoms with van der Waals surface area (Å²) in [6, 6.07) is 7.35. The minimum atomic E-state index is -2.75. The van der Waals surface area contributed by atoms with Crippen LogP contribution in [-0.4, -0.2) is 18.1 Å². The zero-order chi connectivity index (χ0) is 12.0. The Kier molecular flexibility index (Phi) is 5.16. The van der Waals surface area contributed by atoms with Crippen LogP contribution in [0.1, 0.15) is 19.4 Å². The van der Waals surface area contributed by atoms with Gasteiger partial charge in [0.25, 0.3) is 0 Å². The Morgan fingerprint density at radius 2 is 1.62 bits per heavy atom. The fourth-order valence-electron chi connectivity index (χ4n) is 1.39. The highest BCUT2D eigenvalue weighted by molar-refractivity contribution is 7.59. The first kappa shape index (κ1) is 13.4. The molecular formula is C11H19NO3P+. The van der Waals surface area contributed by atoms with E-state index < -0.39 is 7.94 Å². The average molecular weight is 244 g/mol. The molecule has 0 heterocycles. The zero-order valence-electron chi connectivity index (χ0n) is 9.72. The van der Waals surface area contributed by atoms with Gasteiger partial charge in [0.05, 0.1) is 13.2 Å². The molecule has 0 atom stereocenters. The van der Waals surface area contributed by atoms with E-state index in [0.717, 1.165) is 5.56 Å². The summed E-state index contributed by atoms with van der Waals surface area (Å²) in [5.41, 5.74) is 7.26. The van der Waals surface area contributed by atoms with Crippen LogP contribution in [0.4, 0.5) is 5.69 Å². The van der Waals surface area contributed by atoms with E-state index >= 15 is 0 Å². The van der Waals surface area contributed by atoms with Crippen molar-refractivity contribution < 1.29 is 13.9 Å². The first-order valence-corrected chi connectivity index (χ1v) is 7.10. The second-order valence-electron chi connectivity index (χ2n) is 3.37. The van der Waals surface area contributed by atoms with Crippen LogP contribution in [-0.2, 0) is 15.2 Å². The Morgan fingerprint density at radius 1 is 1.12 bits per heavy atom. The summed E-state index contributed by atoms with van der Waals surface area (Å²) < 4.78 is 10.6. The summed E-state index contributed by atoms with van der Waals surface area (Å²) in [6.45, 7) is 4.57. The van der Waals surface area contributed by atoms with Crippen molar-refractivity contribution in [3.63, 3.8) is 0 Å². The molecule has 3 N–H and O–H groups in total. The van der Waals surface area contributed by atoms with E-state index in [-0.39, 0.29) is 0 Å². The summed E-state index contributed by atoms with van der Waals surface area (Å²) in [4.78, 5) is 10.2. The van der Waals surface area contributed by atoms with Crippen LogP contribution in [0.3, 0.4) is 0 Å². The van der Waals surface area contributed by atoms with E-state index in [1.54, 1.807) is 12.1 Å². The third-order valence-corrected chi connectivity index (χ3v) is 4.11. The fraction of sp³-hybridized carbons (Fsp3) is 0.455. The molecule has 1 aromatic carbocycles. The van der Waals surface area contributed by atoms with Crippen molar-refractivity contribution in [2.24, 2.45) is 0 Å². The molecule has 0 aromatic heterocycles. The fourth-order valence-corrected chi connectivity index (χ4v) is 3.12. The van der Waals surface area contributed by atoms with Crippen LogP contribution in [0.25, 0.3) is 0 Å². The third-order valence-electron chi connectivity index (χ3n) is 2.02. The molecule has 16 heavy (non-hydrogen) atoms. The van der Waals surface area contributed by atoms with E-state index in [4.69, 9.17) is 14.8 Å². The van der Waals surface area contributed by atoms with Crippen LogP contribution in [0.15, 0.2) is 24.3 Å². The number of hydrogen-bond acceptors (Lipinski definition) is 4. The second kappa shape index (κ2) is 6.16. The Hall–Kier alpha value is -0.670. The number of anilines is 1. The lowest BCUT2D eigenvalue weighted by atomic mass is 10.2. The van der Waals surface area contributed by atoms with E-state index in [9.17, 15) is 4.89 Å². The highest BCUT2D eigenvalue weighted by Crippen LogP contribution is 2.59. The van der Waals surface area contributed by atoms with Crippen molar-refractivity contribution in [3.8, 4) is 0 Å². The minimum absolute atomic E-state index is 0.398. The number of hydrogen-bond donors (Lipinski definition) is 2. The highest BCUT2D eigenvalue weighted by atomic mass is 31.2. The lowest BCUT2D eigenvalue weighted by molar-refractivity contribution is 0.188. The molecule has 0 unspecified atom stereocenters. The van der Waals surface area contributed by atoms with Crippen molar-refractivity contribution in [1.29, 1.82) is 0 Å². The van der Waals surface area contributed by atoms with Gasteiger partial charge in [0.2, 0.25) is 0 Å². The quantitative estimate of drug-likeness (QED) is 0.596. The van der Waals surface area contributed by atoms with Crippen LogP contribution in [0, 0.1) is 0 Å². The van der Waals surface area contributed by atoms with Gasteiger partial charge in [-0.2, -0.15) is 13.9 Å². The largest absolute Gasteiger partial charge is 0.413 e. The van der Waals surface area contributed by atoms with Crippen LogP contribution in [0.2, 0.25) is 0 Å². The Balaban J connectivity index is 2.70. The van der Waals surface area contributed by atoms with Crippen LogP contribution in [0.5, 0.6) is 0 Å². The summed E-state index contributed by atoms with van der Waals surface area (Å²) in [5.74, 6) is 0. The number of nitrogen functional groups attached to an aromatic ring is 1. The summed E-state index contributed by atoms with van der Waals surface area (Å²) >= 11 is 0. The van der Waals surface area contributed by atoms with Gasteiger partial charge in [-0.1, -0.05) is 12.1 Å². The van der Waals surface area contributed by atoms with Gasteiger partial charge in [-0.25, -0.2) is 0 Å². The number of benzene rings is 1. The molecule has 4 nitrogen and oxygen atoms in total. The second-order valence-corrected chi connectivity index (χ2v) is 5.48. The van der Waals surface area contributed by atoms with Crippen LogP contribution >= 0.6 is 7.94 Å². The molecule has 1 aromatic rings. The first-order chi connectivity index (χ1) is 7.59. The molecule has 0 saturated heterocycles. The molecule has 0 spiro atoms. The van der Waals surface area contributed by atoms with E-state index in [1.165, 1.54) is 0 Å². The smallest absolute Gasteiger partial charge is 0.399 e. The molecule has 90 valence electrons. The maximum atomic E-state index is 10.2. The van der Waals surface area contributed by atoms with Gasteiger partial charge in [-0.05, 0) is 31.5 Å². The van der Waals surface area contributed by atoms with Crippen molar-refractivity contribution in [2.45, 2.75) is 20.0 Å². The van der Waals surface area contributed by atoms with Gasteiger partial charge in [0.1, 0.15) is 0 Å². The molecule has 1 rings (SSSR count). The van der Waals surface area contributed by atoms with E-state index in [0.29, 0.717) is 25.1 Å². The maximum absolute atomic E-state index is 10.2. The van der Waals surface area contributed by atoms with Gasteiger partial charge in [-0.15, -0.1) is 0 Å². The predicted octanol–water partition coefficient (Wildman–Crippen LogP) is 2.60. The van der Waals surface area contributed by atoms with Gasteiger partial charge < -0.3 is 5.73 Å². The topological polar surface area (TPSA) is 64.7 Å². The first-order valence-electron chi connectivity index (χ1n) is 5.34. The normalized spacial score (nSPS) is 11.7. The lowest BCUT2D eigenvalue weighted by Gasteiger charge is -2.15. The lowest BCUT2D eigenvalue weighted by Crippen LogP contribution is -2.05. The zero-order valence-corrected chi connectivity index (χ0v) is 10.6. The van der Waals surface area contributed by atoms with Crippen LogP contribution < -0.4 is 5.73 Å². The minimum Gasteiger partial charge on any atom is -0.399 e. The average Bonchev–Trinajstić information content (AvgIpc) is 2.22. The van der Waals surface area contributed by atoms with Crippen molar-refractivity contribution in [3.05, 3.63) is 29.8 Å². The predicted molar refractivity (Wildman–Crippen MR) is 66.9 cm³/mol. The number of nitrogens with two attached hydrogens (primary N) is 1. The Labute approximate surface area is 97.0 Å². The molecule has 0 saturated carbocycles. The molecule has 0 amide bonds. The molecule has 0 aliphatic heterocycles. The molecular weight excluding hydrogens is 225 g/mol. The van der Waals surface area contributed by atoms with Gasteiger partial charge in [-0.3, -0.25) is 0 Å². The van der Waals surface area contributed by atoms with Gasteiger partial charge in [0.15, 0.2) is 6.16 Å². The molecule has 0 aliphatic rings. The highest BCUT2D eigenvalue weighted by Gasteiger charge is 2.39. The van der Waals surface area contributed by atoms with Gasteiger partial charge in [0, 0.05) is 5.69 Å². The number of rotatable bonds is 6. The molecule has 0 fully saturated rings. The summed E-state index contributed by atoms with van der Waals surface area (Å²) in [7, 11) is -2.75. The maximum Gasteiger partial charge on any atom is 0.413 e. The van der Waals surface area contributed by atoms with E-state index in [2.05, 4.69) is 0 Å². The standard InChI is InChI=1S/C11H19NO3P/c1-3-14-16(13,15-4-2)9-10-5-7-11(12)8-6-10/h5-8,13H,3-4,9,12H2,1-2H3/q+1. The van der Waals surface area contributed by atoms with Gasteiger partial charge >= 0.3 is 7.94 Å². The van der Waals surface area contributed by atoms with Crippen molar-refractivity contribution in [2.75, 3.05) is 18.9 Å². The molecule has 0 aliphatic carbocycles. The summed E-state index contributed by atoms with van der Waals surface area (Å²) in [6.07, 6.45) is 0.398. The SMILES string of the molecule is CCO[P+](O)(Cc1ccc(N)cc1)OCC. The monoisotopic (exact) mass is 244 g/mol. The Bertz CT molecular complexity index is 310. The molecule has 5 heteroatoms. The molecule has 0 bridgehead atoms.